The lowest BCUT2D eigenvalue weighted by molar-refractivity contribution is -0.133. The van der Waals surface area contributed by atoms with Gasteiger partial charge in [0.05, 0.1) is 0 Å². The van der Waals surface area contributed by atoms with Crippen LogP contribution >= 0.6 is 0 Å². The minimum Gasteiger partial charge on any atom is -0.343 e. The number of carbonyl (C=O) groups is 1. The molecule has 6 nitrogen and oxygen atoms in total. The Hall–Kier alpha value is -2.21. The maximum atomic E-state index is 12.5. The Morgan fingerprint density at radius 3 is 2.56 bits per heavy atom. The molecule has 4 rings (SSSR count). The molecule has 1 saturated heterocycles. The molecule has 2 aromatic rings. The number of carbonyl (C=O) groups excluding carboxylic acids is 1. The standard InChI is InChI=1S/C19H25N5O/c1-13(2)22(3)18(25)17-15-11-23(12-16(15)17)10-14-6-4-9-24(14)19-20-7-5-8-21-19/h4-9,13,15-17H,10-12H2,1-3H3/t15-,16+,17?. The van der Waals surface area contributed by atoms with Crippen molar-refractivity contribution in [2.45, 2.75) is 26.4 Å². The summed E-state index contributed by atoms with van der Waals surface area (Å²) in [6, 6.07) is 6.26. The summed E-state index contributed by atoms with van der Waals surface area (Å²) in [5, 5.41) is 0. The Kier molecular flexibility index (Phi) is 4.07. The van der Waals surface area contributed by atoms with Gasteiger partial charge in [0, 0.05) is 62.9 Å². The van der Waals surface area contributed by atoms with E-state index in [1.165, 1.54) is 5.69 Å². The van der Waals surface area contributed by atoms with E-state index in [-0.39, 0.29) is 12.0 Å². The molecular weight excluding hydrogens is 314 g/mol. The molecule has 132 valence electrons. The Bertz CT molecular complexity index is 744. The van der Waals surface area contributed by atoms with E-state index in [0.717, 1.165) is 19.6 Å². The van der Waals surface area contributed by atoms with Crippen LogP contribution in [0, 0.1) is 17.8 Å². The van der Waals surface area contributed by atoms with Crippen molar-refractivity contribution in [3.05, 3.63) is 42.5 Å². The van der Waals surface area contributed by atoms with E-state index < -0.39 is 0 Å². The molecule has 2 aromatic heterocycles. The molecule has 6 heteroatoms. The van der Waals surface area contributed by atoms with Crippen molar-refractivity contribution in [2.24, 2.45) is 17.8 Å². The third-order valence-corrected chi connectivity index (χ3v) is 5.66. The molecule has 3 atom stereocenters. The molecule has 0 spiro atoms. The summed E-state index contributed by atoms with van der Waals surface area (Å²) in [4.78, 5) is 25.5. The van der Waals surface area contributed by atoms with Crippen LogP contribution in [0.2, 0.25) is 0 Å². The Labute approximate surface area is 148 Å². The van der Waals surface area contributed by atoms with E-state index in [1.807, 2.05) is 34.8 Å². The van der Waals surface area contributed by atoms with Gasteiger partial charge in [-0.15, -0.1) is 0 Å². The fourth-order valence-electron chi connectivity index (χ4n) is 3.98. The summed E-state index contributed by atoms with van der Waals surface area (Å²) < 4.78 is 2.04. The Balaban J connectivity index is 1.38. The highest BCUT2D eigenvalue weighted by molar-refractivity contribution is 5.82. The van der Waals surface area contributed by atoms with Crippen LogP contribution in [0.4, 0.5) is 0 Å². The van der Waals surface area contributed by atoms with Crippen molar-refractivity contribution >= 4 is 5.91 Å². The van der Waals surface area contributed by atoms with Crippen LogP contribution < -0.4 is 0 Å². The molecule has 1 aliphatic carbocycles. The van der Waals surface area contributed by atoms with E-state index in [2.05, 4.69) is 34.8 Å². The van der Waals surface area contributed by atoms with Crippen LogP contribution in [0.25, 0.3) is 5.95 Å². The van der Waals surface area contributed by atoms with Crippen molar-refractivity contribution in [3.8, 4) is 5.95 Å². The zero-order valence-corrected chi connectivity index (χ0v) is 15.0. The summed E-state index contributed by atoms with van der Waals surface area (Å²) in [6.07, 6.45) is 5.53. The quantitative estimate of drug-likeness (QED) is 0.834. The van der Waals surface area contributed by atoms with Crippen LogP contribution in [0.1, 0.15) is 19.5 Å². The van der Waals surface area contributed by atoms with Crippen molar-refractivity contribution in [1.29, 1.82) is 0 Å². The van der Waals surface area contributed by atoms with Crippen LogP contribution in [0.5, 0.6) is 0 Å². The van der Waals surface area contributed by atoms with E-state index in [9.17, 15) is 4.79 Å². The van der Waals surface area contributed by atoms with Gasteiger partial charge in [0.25, 0.3) is 0 Å². The lowest BCUT2D eigenvalue weighted by atomic mass is 10.2. The van der Waals surface area contributed by atoms with Gasteiger partial charge in [0.1, 0.15) is 0 Å². The number of rotatable bonds is 5. The minimum atomic E-state index is 0.243. The summed E-state index contributed by atoms with van der Waals surface area (Å²) in [5.41, 5.74) is 1.19. The molecule has 1 saturated carbocycles. The average Bonchev–Trinajstić information content (AvgIpc) is 2.96. The normalized spacial score (nSPS) is 25.2. The number of hydrogen-bond acceptors (Lipinski definition) is 4. The lowest BCUT2D eigenvalue weighted by Crippen LogP contribution is -2.37. The summed E-state index contributed by atoms with van der Waals surface area (Å²) >= 11 is 0. The molecular formula is C19H25N5O. The average molecular weight is 339 g/mol. The summed E-state index contributed by atoms with van der Waals surface area (Å²) in [5.74, 6) is 2.34. The van der Waals surface area contributed by atoms with Gasteiger partial charge in [-0.05, 0) is 43.9 Å². The molecule has 0 bridgehead atoms. The highest BCUT2D eigenvalue weighted by Gasteiger charge is 2.59. The molecule has 25 heavy (non-hydrogen) atoms. The third-order valence-electron chi connectivity index (χ3n) is 5.66. The first-order chi connectivity index (χ1) is 12.1. The second-order valence-electron chi connectivity index (χ2n) is 7.51. The number of amides is 1. The lowest BCUT2D eigenvalue weighted by Gasteiger charge is -2.24. The van der Waals surface area contributed by atoms with Crippen molar-refractivity contribution in [3.63, 3.8) is 0 Å². The number of likely N-dealkylation sites (tertiary alicyclic amines) is 1. The third kappa shape index (κ3) is 2.95. The summed E-state index contributed by atoms with van der Waals surface area (Å²) in [7, 11) is 1.92. The van der Waals surface area contributed by atoms with Crippen molar-refractivity contribution < 1.29 is 4.79 Å². The molecule has 3 heterocycles. The van der Waals surface area contributed by atoms with Gasteiger partial charge in [-0.2, -0.15) is 0 Å². The first-order valence-electron chi connectivity index (χ1n) is 8.99. The Morgan fingerprint density at radius 1 is 1.24 bits per heavy atom. The fraction of sp³-hybridized carbons (Fsp3) is 0.526. The number of hydrogen-bond donors (Lipinski definition) is 0. The minimum absolute atomic E-state index is 0.243. The van der Waals surface area contributed by atoms with Gasteiger partial charge in [-0.1, -0.05) is 0 Å². The van der Waals surface area contributed by atoms with Crippen LogP contribution in [-0.2, 0) is 11.3 Å². The smallest absolute Gasteiger partial charge is 0.233 e. The number of aromatic nitrogens is 3. The summed E-state index contributed by atoms with van der Waals surface area (Å²) in [6.45, 7) is 7.03. The van der Waals surface area contributed by atoms with Gasteiger partial charge < -0.3 is 4.90 Å². The molecule has 0 radical (unpaired) electrons. The van der Waals surface area contributed by atoms with Crippen LogP contribution in [0.3, 0.4) is 0 Å². The van der Waals surface area contributed by atoms with Crippen molar-refractivity contribution in [1.82, 2.24) is 24.3 Å². The highest BCUT2D eigenvalue weighted by Crippen LogP contribution is 2.52. The zero-order valence-electron chi connectivity index (χ0n) is 15.0. The fourth-order valence-corrected chi connectivity index (χ4v) is 3.98. The maximum absolute atomic E-state index is 12.5. The Morgan fingerprint density at radius 2 is 1.92 bits per heavy atom. The molecule has 2 fully saturated rings. The SMILES string of the molecule is CC(C)N(C)C(=O)C1[C@H]2CN(Cc3cccn3-c3ncccn3)C[C@@H]12. The van der Waals surface area contributed by atoms with Gasteiger partial charge in [0.2, 0.25) is 11.9 Å². The molecule has 0 N–H and O–H groups in total. The molecule has 2 aliphatic rings. The zero-order chi connectivity index (χ0) is 17.6. The maximum Gasteiger partial charge on any atom is 0.233 e. The monoisotopic (exact) mass is 339 g/mol. The van der Waals surface area contributed by atoms with E-state index >= 15 is 0 Å². The number of piperidine rings is 1. The predicted octanol–water partition coefficient (Wildman–Crippen LogP) is 1.81. The van der Waals surface area contributed by atoms with E-state index in [1.54, 1.807) is 12.4 Å². The van der Waals surface area contributed by atoms with E-state index in [0.29, 0.717) is 23.7 Å². The topological polar surface area (TPSA) is 54.3 Å². The first kappa shape index (κ1) is 16.3. The largest absolute Gasteiger partial charge is 0.343 e. The molecule has 0 aromatic carbocycles. The molecule has 1 amide bonds. The van der Waals surface area contributed by atoms with Gasteiger partial charge in [-0.25, -0.2) is 9.97 Å². The van der Waals surface area contributed by atoms with Gasteiger partial charge >= 0.3 is 0 Å². The van der Waals surface area contributed by atoms with Gasteiger partial charge in [0.15, 0.2) is 0 Å². The second-order valence-corrected chi connectivity index (χ2v) is 7.51. The van der Waals surface area contributed by atoms with Crippen LogP contribution in [-0.4, -0.2) is 56.4 Å². The predicted molar refractivity (Wildman–Crippen MR) is 95.0 cm³/mol. The van der Waals surface area contributed by atoms with E-state index in [4.69, 9.17) is 0 Å². The van der Waals surface area contributed by atoms with Crippen molar-refractivity contribution in [2.75, 3.05) is 20.1 Å². The number of nitrogens with zero attached hydrogens (tertiary/aromatic N) is 5. The number of fused-ring (bicyclic) bond motifs is 1. The highest BCUT2D eigenvalue weighted by atomic mass is 16.2. The first-order valence-corrected chi connectivity index (χ1v) is 8.99. The van der Waals surface area contributed by atoms with Gasteiger partial charge in [-0.3, -0.25) is 14.3 Å². The van der Waals surface area contributed by atoms with Crippen LogP contribution in [0.15, 0.2) is 36.8 Å². The second kappa shape index (κ2) is 6.26. The molecule has 1 aliphatic heterocycles. The molecule has 1 unspecified atom stereocenters.